The first-order chi connectivity index (χ1) is 11.0. The van der Waals surface area contributed by atoms with Gasteiger partial charge in [-0.05, 0) is 40.8 Å². The molecular weight excluding hydrogens is 322 g/mol. The molecule has 0 saturated heterocycles. The van der Waals surface area contributed by atoms with E-state index in [2.05, 4.69) is 27.4 Å². The first-order valence-corrected chi connectivity index (χ1v) is 11.4. The summed E-state index contributed by atoms with van der Waals surface area (Å²) in [5, 5.41) is 0. The van der Waals surface area contributed by atoms with Gasteiger partial charge in [0.25, 0.3) is 5.92 Å². The van der Waals surface area contributed by atoms with Crippen LogP contribution in [0.3, 0.4) is 0 Å². The van der Waals surface area contributed by atoms with Crippen molar-refractivity contribution in [1.82, 2.24) is 0 Å². The Labute approximate surface area is 147 Å². The Morgan fingerprint density at radius 2 is 1.50 bits per heavy atom. The van der Waals surface area contributed by atoms with E-state index in [1.165, 1.54) is 0 Å². The number of benzene rings is 1. The lowest BCUT2D eigenvalue weighted by molar-refractivity contribution is -0.0630. The Kier molecular flexibility index (Phi) is 6.94. The topological polar surface area (TPSA) is 9.23 Å². The van der Waals surface area contributed by atoms with Gasteiger partial charge in [0.05, 0.1) is 0 Å². The molecule has 1 atom stereocenters. The fraction of sp³-hybridized carbons (Fsp3) is 0.600. The molecule has 0 spiro atoms. The van der Waals surface area contributed by atoms with E-state index in [1.54, 1.807) is 12.1 Å². The normalized spacial score (nSPS) is 14.5. The van der Waals surface area contributed by atoms with Crippen LogP contribution in [0.1, 0.15) is 58.8 Å². The molecule has 0 aliphatic heterocycles. The fourth-order valence-corrected chi connectivity index (χ4v) is 5.68. The average Bonchev–Trinajstić information content (AvgIpc) is 2.56. The van der Waals surface area contributed by atoms with Crippen molar-refractivity contribution in [2.45, 2.75) is 77.1 Å². The molecule has 0 N–H and O–H groups in total. The van der Waals surface area contributed by atoms with Crippen molar-refractivity contribution in [3.8, 4) is 0 Å². The molecule has 0 fully saturated rings. The zero-order valence-corrected chi connectivity index (χ0v) is 17.0. The Bertz CT molecular complexity index is 519. The van der Waals surface area contributed by atoms with E-state index in [-0.39, 0.29) is 5.41 Å². The van der Waals surface area contributed by atoms with Crippen molar-refractivity contribution in [1.29, 1.82) is 0 Å². The molecule has 24 heavy (non-hydrogen) atoms. The molecule has 1 nitrogen and oxygen atoms in total. The fourth-order valence-electron chi connectivity index (χ4n) is 2.88. The molecule has 136 valence electrons. The lowest BCUT2D eigenvalue weighted by Gasteiger charge is -2.36. The first-order valence-electron chi connectivity index (χ1n) is 8.85. The molecule has 0 aromatic heterocycles. The summed E-state index contributed by atoms with van der Waals surface area (Å²) in [6.45, 7) is 15.8. The van der Waals surface area contributed by atoms with Crippen LogP contribution in [-0.4, -0.2) is 14.2 Å². The molecule has 1 unspecified atom stereocenters. The molecule has 1 rings (SSSR count). The minimum absolute atomic E-state index is 0.00932. The van der Waals surface area contributed by atoms with E-state index < -0.39 is 20.3 Å². The second-order valence-corrected chi connectivity index (χ2v) is 12.2. The van der Waals surface area contributed by atoms with Gasteiger partial charge in [0.1, 0.15) is 6.10 Å². The van der Waals surface area contributed by atoms with Crippen LogP contribution >= 0.6 is 0 Å². The molecule has 0 radical (unpaired) electrons. The van der Waals surface area contributed by atoms with E-state index in [1.807, 2.05) is 32.9 Å². The van der Waals surface area contributed by atoms with E-state index in [0.717, 1.165) is 29.8 Å². The van der Waals surface area contributed by atoms with Crippen LogP contribution in [0.25, 0.3) is 0 Å². The van der Waals surface area contributed by atoms with Gasteiger partial charge in [-0.15, -0.1) is 0 Å². The van der Waals surface area contributed by atoms with Crippen LogP contribution in [-0.2, 0) is 9.84 Å². The highest BCUT2D eigenvalue weighted by atomic mass is 28.4. The minimum Gasteiger partial charge on any atom is -0.404 e. The van der Waals surface area contributed by atoms with Crippen LogP contribution in [0.4, 0.5) is 8.78 Å². The molecule has 4 heteroatoms. The highest BCUT2D eigenvalue weighted by Crippen LogP contribution is 2.40. The maximum atomic E-state index is 14.6. The monoisotopic (exact) mass is 354 g/mol. The van der Waals surface area contributed by atoms with Gasteiger partial charge >= 0.3 is 0 Å². The number of rotatable bonds is 8. The Morgan fingerprint density at radius 3 is 1.83 bits per heavy atom. The van der Waals surface area contributed by atoms with Crippen LogP contribution in [0.15, 0.2) is 36.9 Å². The van der Waals surface area contributed by atoms with Crippen molar-refractivity contribution >= 4 is 8.32 Å². The third-order valence-electron chi connectivity index (χ3n) is 5.00. The third-order valence-corrected chi connectivity index (χ3v) is 9.60. The SMILES string of the molecule is C=CC(F)(F)C(O[Si](CC)(CC)CC)c1ccc(C(C)(C)C)cc1. The van der Waals surface area contributed by atoms with Gasteiger partial charge in [-0.25, -0.2) is 0 Å². The number of hydrogen-bond acceptors (Lipinski definition) is 1. The van der Waals surface area contributed by atoms with Crippen LogP contribution in [0.5, 0.6) is 0 Å². The predicted octanol–water partition coefficient (Wildman–Crippen LogP) is 6.87. The molecule has 0 aliphatic rings. The quantitative estimate of drug-likeness (QED) is 0.366. The van der Waals surface area contributed by atoms with Gasteiger partial charge in [0, 0.05) is 0 Å². The average molecular weight is 355 g/mol. The summed E-state index contributed by atoms with van der Waals surface area (Å²) in [5.41, 5.74) is 1.64. The summed E-state index contributed by atoms with van der Waals surface area (Å²) < 4.78 is 35.3. The summed E-state index contributed by atoms with van der Waals surface area (Å²) in [6.07, 6.45) is -0.536. The summed E-state index contributed by atoms with van der Waals surface area (Å²) in [6, 6.07) is 9.93. The Hall–Kier alpha value is -1.00. The van der Waals surface area contributed by atoms with E-state index in [0.29, 0.717) is 5.56 Å². The second kappa shape index (κ2) is 7.92. The molecular formula is C20H32F2OSi. The lowest BCUT2D eigenvalue weighted by Crippen LogP contribution is -2.41. The molecule has 0 heterocycles. The van der Waals surface area contributed by atoms with Gasteiger partial charge in [-0.3, -0.25) is 0 Å². The van der Waals surface area contributed by atoms with E-state index in [4.69, 9.17) is 4.43 Å². The molecule has 0 amide bonds. The van der Waals surface area contributed by atoms with Gasteiger partial charge in [-0.2, -0.15) is 8.78 Å². The van der Waals surface area contributed by atoms with Gasteiger partial charge < -0.3 is 4.43 Å². The predicted molar refractivity (Wildman–Crippen MR) is 101 cm³/mol. The number of alkyl halides is 2. The smallest absolute Gasteiger partial charge is 0.294 e. The molecule has 0 bridgehead atoms. The molecule has 0 aliphatic carbocycles. The molecule has 1 aromatic carbocycles. The summed E-state index contributed by atoms with van der Waals surface area (Å²) in [7, 11) is -2.17. The maximum Gasteiger partial charge on any atom is 0.294 e. The summed E-state index contributed by atoms with van der Waals surface area (Å²) >= 11 is 0. The molecule has 0 saturated carbocycles. The zero-order valence-electron chi connectivity index (χ0n) is 16.0. The summed E-state index contributed by atoms with van der Waals surface area (Å²) in [5.74, 6) is -3.08. The number of hydrogen-bond donors (Lipinski definition) is 0. The van der Waals surface area contributed by atoms with Crippen LogP contribution in [0, 0.1) is 0 Å². The van der Waals surface area contributed by atoms with E-state index in [9.17, 15) is 8.78 Å². The van der Waals surface area contributed by atoms with Gasteiger partial charge in [-0.1, -0.05) is 72.4 Å². The van der Waals surface area contributed by atoms with Crippen molar-refractivity contribution in [2.75, 3.05) is 0 Å². The number of halogens is 2. The van der Waals surface area contributed by atoms with E-state index >= 15 is 0 Å². The van der Waals surface area contributed by atoms with Crippen molar-refractivity contribution in [3.05, 3.63) is 48.0 Å². The van der Waals surface area contributed by atoms with Gasteiger partial charge in [0.2, 0.25) is 0 Å². The van der Waals surface area contributed by atoms with Crippen molar-refractivity contribution in [3.63, 3.8) is 0 Å². The lowest BCUT2D eigenvalue weighted by atomic mass is 9.86. The standard InChI is InChI=1S/C20H32F2OSi/c1-8-20(21,22)18(23-24(9-2,10-3)11-4)16-12-14-17(15-13-16)19(5,6)7/h8,12-15,18H,1,9-11H2,2-7H3. The van der Waals surface area contributed by atoms with Gasteiger partial charge in [0.15, 0.2) is 8.32 Å². The molecule has 1 aromatic rings. The maximum absolute atomic E-state index is 14.6. The first kappa shape index (κ1) is 21.0. The Morgan fingerprint density at radius 1 is 1.04 bits per heavy atom. The van der Waals surface area contributed by atoms with Crippen LogP contribution in [0.2, 0.25) is 18.1 Å². The largest absolute Gasteiger partial charge is 0.404 e. The van der Waals surface area contributed by atoms with Crippen molar-refractivity contribution in [2.24, 2.45) is 0 Å². The highest BCUT2D eigenvalue weighted by molar-refractivity contribution is 6.73. The third kappa shape index (κ3) is 4.76. The zero-order chi connectivity index (χ0) is 18.6. The van der Waals surface area contributed by atoms with Crippen LogP contribution < -0.4 is 0 Å². The minimum atomic E-state index is -3.08. The second-order valence-electron chi connectivity index (χ2n) is 7.49. The summed E-state index contributed by atoms with van der Waals surface area (Å²) in [4.78, 5) is 0. The van der Waals surface area contributed by atoms with Crippen molar-refractivity contribution < 1.29 is 13.2 Å². The Balaban J connectivity index is 3.27. The highest BCUT2D eigenvalue weighted by Gasteiger charge is 2.44.